The maximum Gasteiger partial charge on any atom is 0.159 e. The normalized spacial score (nSPS) is 18.6. The summed E-state index contributed by atoms with van der Waals surface area (Å²) >= 11 is 0. The Labute approximate surface area is 157 Å². The number of nitrogens with zero attached hydrogens (tertiary/aromatic N) is 4. The second-order valence-electron chi connectivity index (χ2n) is 7.43. The minimum absolute atomic E-state index is 0.122. The number of hydrogen-bond acceptors (Lipinski definition) is 6. The van der Waals surface area contributed by atoms with Gasteiger partial charge >= 0.3 is 0 Å². The summed E-state index contributed by atoms with van der Waals surface area (Å²) < 4.78 is 7.12. The summed E-state index contributed by atoms with van der Waals surface area (Å²) in [5.41, 5.74) is 4.52. The second-order valence-corrected chi connectivity index (χ2v) is 7.43. The Morgan fingerprint density at radius 1 is 1.22 bits per heavy atom. The summed E-state index contributed by atoms with van der Waals surface area (Å²) in [4.78, 5) is 10.7. The molecule has 0 bridgehead atoms. The zero-order valence-corrected chi connectivity index (χ0v) is 15.4. The van der Waals surface area contributed by atoms with E-state index in [0.717, 1.165) is 59.5 Å². The van der Waals surface area contributed by atoms with Crippen LogP contribution in [-0.2, 0) is 11.4 Å². The SMILES string of the molecule is CCn1ncc2c(Nc3ccoc3)c(C3=NOC4(CCCCC4)C3)cnc21. The van der Waals surface area contributed by atoms with E-state index >= 15 is 0 Å². The first-order valence-electron chi connectivity index (χ1n) is 9.67. The van der Waals surface area contributed by atoms with Crippen LogP contribution in [0.15, 0.2) is 40.6 Å². The molecule has 7 nitrogen and oxygen atoms in total. The van der Waals surface area contributed by atoms with Crippen LogP contribution in [-0.4, -0.2) is 26.1 Å². The van der Waals surface area contributed by atoms with Gasteiger partial charge in [-0.2, -0.15) is 5.10 Å². The molecule has 2 aliphatic rings. The highest BCUT2D eigenvalue weighted by Gasteiger charge is 2.41. The first-order valence-corrected chi connectivity index (χ1v) is 9.67. The third-order valence-electron chi connectivity index (χ3n) is 5.67. The number of hydrogen-bond donors (Lipinski definition) is 1. The van der Waals surface area contributed by atoms with Gasteiger partial charge in [0, 0.05) is 24.7 Å². The summed E-state index contributed by atoms with van der Waals surface area (Å²) in [5.74, 6) is 0. The number of pyridine rings is 1. The molecule has 7 heteroatoms. The van der Waals surface area contributed by atoms with Crippen molar-refractivity contribution in [2.75, 3.05) is 5.32 Å². The van der Waals surface area contributed by atoms with Crippen molar-refractivity contribution < 1.29 is 9.25 Å². The smallest absolute Gasteiger partial charge is 0.159 e. The van der Waals surface area contributed by atoms with Crippen molar-refractivity contribution in [3.63, 3.8) is 0 Å². The Morgan fingerprint density at radius 2 is 2.11 bits per heavy atom. The molecule has 0 unspecified atom stereocenters. The summed E-state index contributed by atoms with van der Waals surface area (Å²) in [6, 6.07) is 1.90. The minimum atomic E-state index is -0.122. The van der Waals surface area contributed by atoms with Gasteiger partial charge in [-0.05, 0) is 38.7 Å². The van der Waals surface area contributed by atoms with Crippen molar-refractivity contribution in [1.29, 1.82) is 0 Å². The molecule has 3 aromatic rings. The third-order valence-corrected chi connectivity index (χ3v) is 5.67. The number of rotatable bonds is 4. The van der Waals surface area contributed by atoms with Crippen LogP contribution in [0.4, 0.5) is 11.4 Å². The van der Waals surface area contributed by atoms with Gasteiger partial charge in [-0.15, -0.1) is 0 Å². The van der Waals surface area contributed by atoms with Crippen LogP contribution in [0.1, 0.15) is 51.0 Å². The lowest BCUT2D eigenvalue weighted by Crippen LogP contribution is -2.31. The van der Waals surface area contributed by atoms with Crippen molar-refractivity contribution in [2.24, 2.45) is 5.16 Å². The molecule has 5 rings (SSSR count). The number of nitrogens with one attached hydrogen (secondary N) is 1. The minimum Gasteiger partial charge on any atom is -0.470 e. The van der Waals surface area contributed by atoms with Crippen LogP contribution >= 0.6 is 0 Å². The Kier molecular flexibility index (Phi) is 3.88. The molecule has 3 aromatic heterocycles. The van der Waals surface area contributed by atoms with E-state index in [1.807, 2.05) is 23.1 Å². The summed E-state index contributed by atoms with van der Waals surface area (Å²) in [7, 11) is 0. The lowest BCUT2D eigenvalue weighted by atomic mass is 9.81. The molecule has 0 amide bonds. The molecule has 1 saturated carbocycles. The van der Waals surface area contributed by atoms with Gasteiger partial charge in [0.05, 0.1) is 34.9 Å². The molecule has 1 aliphatic heterocycles. The van der Waals surface area contributed by atoms with Crippen LogP contribution in [0.3, 0.4) is 0 Å². The Morgan fingerprint density at radius 3 is 2.89 bits per heavy atom. The number of anilines is 2. The van der Waals surface area contributed by atoms with E-state index < -0.39 is 0 Å². The Balaban J connectivity index is 1.57. The average molecular weight is 365 g/mol. The first kappa shape index (κ1) is 16.4. The van der Waals surface area contributed by atoms with Crippen molar-refractivity contribution >= 4 is 28.1 Å². The summed E-state index contributed by atoms with van der Waals surface area (Å²) in [5, 5.41) is 13.4. The van der Waals surface area contributed by atoms with Gasteiger partial charge in [0.25, 0.3) is 0 Å². The van der Waals surface area contributed by atoms with Crippen molar-refractivity contribution in [3.8, 4) is 0 Å². The Bertz CT molecular complexity index is 983. The average Bonchev–Trinajstić information content (AvgIpc) is 3.43. The molecule has 0 aromatic carbocycles. The van der Waals surface area contributed by atoms with Gasteiger partial charge in [0.1, 0.15) is 11.9 Å². The molecule has 4 heterocycles. The van der Waals surface area contributed by atoms with Gasteiger partial charge < -0.3 is 14.6 Å². The molecule has 1 fully saturated rings. The van der Waals surface area contributed by atoms with Crippen LogP contribution in [0.2, 0.25) is 0 Å². The topological polar surface area (TPSA) is 77.5 Å². The fraction of sp³-hybridized carbons (Fsp3) is 0.450. The van der Waals surface area contributed by atoms with E-state index in [4.69, 9.17) is 9.25 Å². The van der Waals surface area contributed by atoms with E-state index in [-0.39, 0.29) is 5.60 Å². The van der Waals surface area contributed by atoms with Crippen molar-refractivity contribution in [3.05, 3.63) is 36.5 Å². The van der Waals surface area contributed by atoms with E-state index in [1.54, 1.807) is 12.5 Å². The van der Waals surface area contributed by atoms with Crippen molar-refractivity contribution in [1.82, 2.24) is 14.8 Å². The molecule has 0 saturated heterocycles. The van der Waals surface area contributed by atoms with E-state index in [0.29, 0.717) is 0 Å². The molecule has 140 valence electrons. The number of oxime groups is 1. The predicted molar refractivity (Wildman–Crippen MR) is 103 cm³/mol. The van der Waals surface area contributed by atoms with Crippen LogP contribution < -0.4 is 5.32 Å². The summed E-state index contributed by atoms with van der Waals surface area (Å²) in [6.45, 7) is 2.83. The van der Waals surface area contributed by atoms with Gasteiger partial charge in [0.2, 0.25) is 0 Å². The van der Waals surface area contributed by atoms with Gasteiger partial charge in [-0.25, -0.2) is 9.67 Å². The molecule has 1 spiro atoms. The van der Waals surface area contributed by atoms with Gasteiger partial charge in [-0.1, -0.05) is 11.6 Å². The highest BCUT2D eigenvalue weighted by molar-refractivity contribution is 6.11. The van der Waals surface area contributed by atoms with Crippen molar-refractivity contribution in [2.45, 2.75) is 57.6 Å². The lowest BCUT2D eigenvalue weighted by Gasteiger charge is -2.30. The molecule has 0 atom stereocenters. The predicted octanol–water partition coefficient (Wildman–Crippen LogP) is 4.62. The van der Waals surface area contributed by atoms with E-state index in [2.05, 4.69) is 27.5 Å². The van der Waals surface area contributed by atoms with Gasteiger partial charge in [-0.3, -0.25) is 0 Å². The number of aromatic nitrogens is 3. The molecular weight excluding hydrogens is 342 g/mol. The Hall–Kier alpha value is -2.83. The lowest BCUT2D eigenvalue weighted by molar-refractivity contribution is -0.0449. The fourth-order valence-electron chi connectivity index (χ4n) is 4.22. The van der Waals surface area contributed by atoms with Crippen LogP contribution in [0, 0.1) is 0 Å². The van der Waals surface area contributed by atoms with E-state index in [9.17, 15) is 0 Å². The maximum atomic E-state index is 5.97. The molecule has 0 radical (unpaired) electrons. The first-order chi connectivity index (χ1) is 13.3. The van der Waals surface area contributed by atoms with Crippen LogP contribution in [0.25, 0.3) is 11.0 Å². The zero-order chi connectivity index (χ0) is 18.3. The highest BCUT2D eigenvalue weighted by Crippen LogP contribution is 2.41. The zero-order valence-electron chi connectivity index (χ0n) is 15.4. The monoisotopic (exact) mass is 365 g/mol. The number of aryl methyl sites for hydroxylation is 1. The molecule has 1 aliphatic carbocycles. The van der Waals surface area contributed by atoms with Crippen LogP contribution in [0.5, 0.6) is 0 Å². The quantitative estimate of drug-likeness (QED) is 0.730. The molecule has 27 heavy (non-hydrogen) atoms. The van der Waals surface area contributed by atoms with Gasteiger partial charge in [0.15, 0.2) is 5.65 Å². The largest absolute Gasteiger partial charge is 0.470 e. The standard InChI is InChI=1S/C20H23N5O2/c1-2-25-19-16(12-22-25)18(23-14-6-9-26-13-14)15(11-21-19)17-10-20(27-24-17)7-4-3-5-8-20/h6,9,11-13H,2-5,7-8,10H2,1H3,(H,21,23). The number of fused-ring (bicyclic) bond motifs is 1. The third kappa shape index (κ3) is 2.78. The fourth-order valence-corrected chi connectivity index (χ4v) is 4.22. The highest BCUT2D eigenvalue weighted by atomic mass is 16.7. The molecular formula is C20H23N5O2. The summed E-state index contributed by atoms with van der Waals surface area (Å²) in [6.07, 6.45) is 13.8. The maximum absolute atomic E-state index is 5.97. The van der Waals surface area contributed by atoms with E-state index in [1.165, 1.54) is 19.3 Å². The molecule has 1 N–H and O–H groups in total. The second kappa shape index (κ2) is 6.40. The number of furan rings is 1.